The zero-order valence-electron chi connectivity index (χ0n) is 16.0. The second-order valence-corrected chi connectivity index (χ2v) is 7.37. The number of hydrogen-bond donors (Lipinski definition) is 2. The number of carbonyl (C=O) groups is 1. The molecule has 2 N–H and O–H groups in total. The summed E-state index contributed by atoms with van der Waals surface area (Å²) >= 11 is 0. The highest BCUT2D eigenvalue weighted by Crippen LogP contribution is 2.32. The van der Waals surface area contributed by atoms with Crippen LogP contribution in [0.15, 0.2) is 34.7 Å². The summed E-state index contributed by atoms with van der Waals surface area (Å²) < 4.78 is 2.00. The molecule has 0 spiro atoms. The van der Waals surface area contributed by atoms with E-state index in [0.717, 1.165) is 45.0 Å². The smallest absolute Gasteiger partial charge is 0.168 e. The third-order valence-electron chi connectivity index (χ3n) is 5.53. The van der Waals surface area contributed by atoms with E-state index in [1.807, 2.05) is 29.9 Å². The summed E-state index contributed by atoms with van der Waals surface area (Å²) in [5, 5.41) is 19.3. The summed E-state index contributed by atoms with van der Waals surface area (Å²) in [5.74, 6) is 0.148. The van der Waals surface area contributed by atoms with Crippen molar-refractivity contribution in [2.24, 2.45) is 12.0 Å². The van der Waals surface area contributed by atoms with Crippen molar-refractivity contribution in [3.05, 3.63) is 35.4 Å². The number of aliphatic imine (C=N–C) groups is 1. The van der Waals surface area contributed by atoms with Crippen LogP contribution in [-0.4, -0.2) is 89.0 Å². The molecule has 0 aromatic carbocycles. The standard InChI is InChI=1S/C20H30N4O3/c1-22-5-2-3-18(22)16-13-19(26)17(20(27)14-16)15-21-4-6-23-7-9-24(10-8-23)11-12-25/h2-3,5,15-16,25-26H,4,6-14H2,1H3. The molecule has 27 heavy (non-hydrogen) atoms. The molecular weight excluding hydrogens is 344 g/mol. The Morgan fingerprint density at radius 3 is 2.48 bits per heavy atom. The fourth-order valence-corrected chi connectivity index (χ4v) is 3.90. The highest BCUT2D eigenvalue weighted by Gasteiger charge is 2.28. The van der Waals surface area contributed by atoms with Gasteiger partial charge in [0.1, 0.15) is 5.76 Å². The van der Waals surface area contributed by atoms with Gasteiger partial charge in [-0.25, -0.2) is 0 Å². The van der Waals surface area contributed by atoms with Crippen LogP contribution >= 0.6 is 0 Å². The third-order valence-corrected chi connectivity index (χ3v) is 5.53. The second-order valence-electron chi connectivity index (χ2n) is 7.37. The van der Waals surface area contributed by atoms with Crippen LogP contribution in [-0.2, 0) is 11.8 Å². The lowest BCUT2D eigenvalue weighted by Crippen LogP contribution is -2.47. The van der Waals surface area contributed by atoms with Crippen LogP contribution in [0.5, 0.6) is 0 Å². The number of rotatable bonds is 7. The lowest BCUT2D eigenvalue weighted by molar-refractivity contribution is -0.116. The summed E-state index contributed by atoms with van der Waals surface area (Å²) in [5.41, 5.74) is 1.44. The second kappa shape index (κ2) is 9.30. The van der Waals surface area contributed by atoms with E-state index in [1.54, 1.807) is 6.21 Å². The van der Waals surface area contributed by atoms with Crippen LogP contribution in [0.3, 0.4) is 0 Å². The van der Waals surface area contributed by atoms with Gasteiger partial charge in [-0.15, -0.1) is 0 Å². The summed E-state index contributed by atoms with van der Waals surface area (Å²) in [6.07, 6.45) is 4.41. The third kappa shape index (κ3) is 5.06. The van der Waals surface area contributed by atoms with Crippen molar-refractivity contribution in [1.82, 2.24) is 14.4 Å². The molecule has 0 radical (unpaired) electrons. The van der Waals surface area contributed by atoms with Gasteiger partial charge in [-0.2, -0.15) is 0 Å². The molecule has 1 unspecified atom stereocenters. The lowest BCUT2D eigenvalue weighted by Gasteiger charge is -2.33. The molecule has 1 aromatic heterocycles. The Bertz CT molecular complexity index is 702. The van der Waals surface area contributed by atoms with Gasteiger partial charge < -0.3 is 14.8 Å². The van der Waals surface area contributed by atoms with Crippen molar-refractivity contribution >= 4 is 12.0 Å². The van der Waals surface area contributed by atoms with E-state index in [4.69, 9.17) is 5.11 Å². The first-order valence-corrected chi connectivity index (χ1v) is 9.70. The first kappa shape index (κ1) is 19.8. The van der Waals surface area contributed by atoms with Crippen molar-refractivity contribution in [3.8, 4) is 0 Å². The van der Waals surface area contributed by atoms with Crippen LogP contribution in [0.2, 0.25) is 0 Å². The average molecular weight is 374 g/mol. The number of aliphatic hydroxyl groups excluding tert-OH is 2. The monoisotopic (exact) mass is 374 g/mol. The van der Waals surface area contributed by atoms with E-state index >= 15 is 0 Å². The van der Waals surface area contributed by atoms with Crippen molar-refractivity contribution < 1.29 is 15.0 Å². The topological polar surface area (TPSA) is 81.3 Å². The van der Waals surface area contributed by atoms with E-state index < -0.39 is 0 Å². The predicted molar refractivity (Wildman–Crippen MR) is 105 cm³/mol. The highest BCUT2D eigenvalue weighted by molar-refractivity contribution is 6.14. The number of Topliss-reactive ketones (excluding diaryl/α,β-unsaturated/α-hetero) is 1. The van der Waals surface area contributed by atoms with Crippen LogP contribution in [0.4, 0.5) is 0 Å². The molecule has 7 nitrogen and oxygen atoms in total. The first-order chi connectivity index (χ1) is 13.1. The predicted octanol–water partition coefficient (Wildman–Crippen LogP) is 0.964. The lowest BCUT2D eigenvalue weighted by atomic mass is 9.85. The summed E-state index contributed by atoms with van der Waals surface area (Å²) in [6, 6.07) is 3.96. The molecule has 2 heterocycles. The maximum atomic E-state index is 12.5. The minimum absolute atomic E-state index is 0.0323. The number of carbonyl (C=O) groups excluding carboxylic acids is 1. The molecule has 2 aliphatic rings. The van der Waals surface area contributed by atoms with Crippen molar-refractivity contribution in [2.75, 3.05) is 52.4 Å². The normalized spacial score (nSPS) is 22.9. The number of ketones is 1. The Kier molecular flexibility index (Phi) is 6.82. The molecule has 1 saturated heterocycles. The largest absolute Gasteiger partial charge is 0.511 e. The van der Waals surface area contributed by atoms with Crippen molar-refractivity contribution in [3.63, 3.8) is 0 Å². The number of hydrogen-bond acceptors (Lipinski definition) is 6. The number of allylic oxidation sites excluding steroid dienone is 2. The fraction of sp³-hybridized carbons (Fsp3) is 0.600. The van der Waals surface area contributed by atoms with E-state index in [0.29, 0.717) is 25.0 Å². The molecular formula is C20H30N4O3. The van der Waals surface area contributed by atoms with E-state index in [1.165, 1.54) is 0 Å². The quantitative estimate of drug-likeness (QED) is 0.695. The molecule has 7 heteroatoms. The number of aryl methyl sites for hydroxylation is 1. The molecule has 1 fully saturated rings. The van der Waals surface area contributed by atoms with Gasteiger partial charge in [0.05, 0.1) is 18.7 Å². The van der Waals surface area contributed by atoms with Crippen LogP contribution in [0.25, 0.3) is 0 Å². The zero-order valence-corrected chi connectivity index (χ0v) is 16.0. The van der Waals surface area contributed by atoms with Crippen LogP contribution in [0.1, 0.15) is 24.5 Å². The maximum Gasteiger partial charge on any atom is 0.168 e. The zero-order chi connectivity index (χ0) is 19.2. The van der Waals surface area contributed by atoms with Gasteiger partial charge in [-0.05, 0) is 12.1 Å². The molecule has 1 atom stereocenters. The Labute approximate surface area is 160 Å². The van der Waals surface area contributed by atoms with Gasteiger partial charge in [0.25, 0.3) is 0 Å². The Balaban J connectivity index is 1.49. The van der Waals surface area contributed by atoms with Crippen molar-refractivity contribution in [2.45, 2.75) is 18.8 Å². The van der Waals surface area contributed by atoms with Gasteiger partial charge in [-0.3, -0.25) is 19.6 Å². The Morgan fingerprint density at radius 1 is 1.19 bits per heavy atom. The highest BCUT2D eigenvalue weighted by atomic mass is 16.3. The molecule has 1 aliphatic heterocycles. The summed E-state index contributed by atoms with van der Waals surface area (Å²) in [6.45, 7) is 6.29. The summed E-state index contributed by atoms with van der Waals surface area (Å²) in [4.78, 5) is 21.4. The van der Waals surface area contributed by atoms with E-state index in [9.17, 15) is 9.90 Å². The number of piperazine rings is 1. The average Bonchev–Trinajstić information content (AvgIpc) is 3.08. The number of aromatic nitrogens is 1. The van der Waals surface area contributed by atoms with E-state index in [-0.39, 0.29) is 24.1 Å². The molecule has 0 amide bonds. The van der Waals surface area contributed by atoms with Crippen LogP contribution < -0.4 is 0 Å². The number of aliphatic hydroxyl groups is 2. The molecule has 1 aliphatic carbocycles. The molecule has 0 bridgehead atoms. The number of β-amino-alcohol motifs (C(OH)–C–C–N with tert-alkyl or cyclic N) is 1. The SMILES string of the molecule is Cn1cccc1C1CC(=O)C(C=NCCN2CCN(CCO)CC2)=C(O)C1. The van der Waals surface area contributed by atoms with Crippen LogP contribution in [0, 0.1) is 0 Å². The minimum atomic E-state index is -0.0358. The van der Waals surface area contributed by atoms with Gasteiger partial charge >= 0.3 is 0 Å². The molecule has 1 aromatic rings. The summed E-state index contributed by atoms with van der Waals surface area (Å²) in [7, 11) is 1.96. The Morgan fingerprint density at radius 2 is 1.89 bits per heavy atom. The molecule has 148 valence electrons. The Hall–Kier alpha value is -1.96. The maximum absolute atomic E-state index is 12.5. The molecule has 3 rings (SSSR count). The minimum Gasteiger partial charge on any atom is -0.511 e. The molecule has 0 saturated carbocycles. The van der Waals surface area contributed by atoms with Crippen molar-refractivity contribution in [1.29, 1.82) is 0 Å². The van der Waals surface area contributed by atoms with E-state index in [2.05, 4.69) is 14.8 Å². The first-order valence-electron chi connectivity index (χ1n) is 9.70. The van der Waals surface area contributed by atoms with Gasteiger partial charge in [-0.1, -0.05) is 0 Å². The van der Waals surface area contributed by atoms with Gasteiger partial charge in [0.2, 0.25) is 0 Å². The van der Waals surface area contributed by atoms with Gasteiger partial charge in [0, 0.05) is 83.2 Å². The van der Waals surface area contributed by atoms with Gasteiger partial charge in [0.15, 0.2) is 5.78 Å². The fourth-order valence-electron chi connectivity index (χ4n) is 3.90. The number of nitrogens with zero attached hydrogens (tertiary/aromatic N) is 4.